The SMILES string of the molecule is Cc1ccc(Br)cn1.Cc1ccc(C=O)cn1.[2H]CF.[CH2-]CCC.[Li+]. The minimum Gasteiger partial charge on any atom is -0.343 e. The van der Waals surface area contributed by atoms with E-state index in [1.165, 1.54) is 6.42 Å². The molecular formula is C18H25BrFLiN2O. The first-order chi connectivity index (χ1) is 11.4. The first kappa shape index (κ1) is 25.2. The second-order valence-electron chi connectivity index (χ2n) is 4.32. The molecule has 0 N–H and O–H groups in total. The van der Waals surface area contributed by atoms with Crippen LogP contribution < -0.4 is 18.9 Å². The van der Waals surface area contributed by atoms with E-state index >= 15 is 0 Å². The van der Waals surface area contributed by atoms with E-state index in [-0.39, 0.29) is 18.9 Å². The molecule has 128 valence electrons. The fourth-order valence-electron chi connectivity index (χ4n) is 0.999. The maximum Gasteiger partial charge on any atom is 1.00 e. The number of nitrogens with zero attached hydrogens (tertiary/aromatic N) is 2. The summed E-state index contributed by atoms with van der Waals surface area (Å²) in [4.78, 5) is 18.0. The smallest absolute Gasteiger partial charge is 0.343 e. The number of aromatic nitrogens is 2. The molecule has 0 amide bonds. The van der Waals surface area contributed by atoms with Gasteiger partial charge in [0.15, 0.2) is 6.29 Å². The van der Waals surface area contributed by atoms with Gasteiger partial charge in [0, 0.05) is 33.8 Å². The predicted octanol–water partition coefficient (Wildman–Crippen LogP) is 2.57. The van der Waals surface area contributed by atoms with Crippen LogP contribution in [-0.4, -0.2) is 23.4 Å². The Labute approximate surface area is 167 Å². The third-order valence-corrected chi connectivity index (χ3v) is 2.77. The molecule has 0 aliphatic rings. The number of carbonyl (C=O) groups excluding carboxylic acids is 1. The summed E-state index contributed by atoms with van der Waals surface area (Å²) in [6.45, 7) is 9.57. The van der Waals surface area contributed by atoms with Gasteiger partial charge in [-0.3, -0.25) is 19.2 Å². The zero-order valence-electron chi connectivity index (χ0n) is 15.9. The Morgan fingerprint density at radius 3 is 1.92 bits per heavy atom. The second-order valence-corrected chi connectivity index (χ2v) is 5.24. The van der Waals surface area contributed by atoms with Crippen molar-refractivity contribution in [2.24, 2.45) is 0 Å². The van der Waals surface area contributed by atoms with E-state index in [1.807, 2.05) is 32.0 Å². The Balaban J connectivity index is -0.000000279. The fraction of sp³-hybridized carbons (Fsp3) is 0.333. The van der Waals surface area contributed by atoms with Gasteiger partial charge in [-0.25, -0.2) is 0 Å². The molecule has 0 saturated carbocycles. The van der Waals surface area contributed by atoms with Crippen molar-refractivity contribution in [2.45, 2.75) is 33.6 Å². The molecule has 0 unspecified atom stereocenters. The number of pyridine rings is 2. The molecule has 2 rings (SSSR count). The number of hydrogen-bond acceptors (Lipinski definition) is 3. The van der Waals surface area contributed by atoms with Crippen LogP contribution in [0.4, 0.5) is 4.39 Å². The van der Waals surface area contributed by atoms with Gasteiger partial charge in [0.25, 0.3) is 0 Å². The Bertz CT molecular complexity index is 505. The van der Waals surface area contributed by atoms with Gasteiger partial charge in [-0.05, 0) is 54.0 Å². The van der Waals surface area contributed by atoms with Crippen LogP contribution in [0.1, 0.15) is 42.9 Å². The number of halogens is 2. The van der Waals surface area contributed by atoms with Crippen molar-refractivity contribution in [3.05, 3.63) is 65.0 Å². The molecular weight excluding hydrogens is 366 g/mol. The largest absolute Gasteiger partial charge is 1.00 e. The monoisotopic (exact) mass is 391 g/mol. The fourth-order valence-corrected chi connectivity index (χ4v) is 1.23. The maximum absolute atomic E-state index is 10.1. The van der Waals surface area contributed by atoms with Crippen LogP contribution in [0.15, 0.2) is 41.1 Å². The second kappa shape index (κ2) is 20.0. The van der Waals surface area contributed by atoms with Gasteiger partial charge in [0.05, 0.1) is 8.52 Å². The summed E-state index contributed by atoms with van der Waals surface area (Å²) in [5.41, 5.74) is 2.61. The van der Waals surface area contributed by atoms with E-state index < -0.39 is 7.15 Å². The van der Waals surface area contributed by atoms with Crippen molar-refractivity contribution < 1.29 is 29.4 Å². The number of alkyl halides is 1. The average Bonchev–Trinajstić information content (AvgIpc) is 2.60. The summed E-state index contributed by atoms with van der Waals surface area (Å²) >= 11 is 3.28. The quantitative estimate of drug-likeness (QED) is 0.448. The molecule has 6 heteroatoms. The molecule has 0 atom stereocenters. The van der Waals surface area contributed by atoms with Gasteiger partial charge in [-0.1, -0.05) is 13.3 Å². The molecule has 0 bridgehead atoms. The molecule has 0 aliphatic heterocycles. The van der Waals surface area contributed by atoms with Crippen molar-refractivity contribution in [3.8, 4) is 0 Å². The standard InChI is InChI=1S/C7H7NO.C6H6BrN.C4H9.CH3F.Li/c1-6-2-3-7(5-9)4-8-6;1-5-2-3-6(7)4-8-5;1-3-4-2;1-2;/h2-5H,1H3;2-4H,1H3;1,3-4H2,2H3;1H3;/q;;-1;;+1/i;;;1D;. The molecule has 0 aliphatic carbocycles. The average molecular weight is 392 g/mol. The van der Waals surface area contributed by atoms with Gasteiger partial charge in [0.2, 0.25) is 0 Å². The maximum atomic E-state index is 10.1. The zero-order chi connectivity index (χ0) is 18.8. The molecule has 24 heavy (non-hydrogen) atoms. The van der Waals surface area contributed by atoms with Crippen LogP contribution >= 0.6 is 15.9 Å². The first-order valence-electron chi connectivity index (χ1n) is 7.76. The zero-order valence-corrected chi connectivity index (χ0v) is 16.5. The third-order valence-electron chi connectivity index (χ3n) is 2.30. The minimum atomic E-state index is -1.00. The van der Waals surface area contributed by atoms with Crippen molar-refractivity contribution >= 4 is 22.2 Å². The molecule has 0 saturated heterocycles. The third kappa shape index (κ3) is 17.3. The van der Waals surface area contributed by atoms with Crippen LogP contribution in [0.2, 0.25) is 0 Å². The van der Waals surface area contributed by atoms with Crippen LogP contribution in [0.5, 0.6) is 0 Å². The predicted molar refractivity (Wildman–Crippen MR) is 98.3 cm³/mol. The van der Waals surface area contributed by atoms with Crippen LogP contribution in [-0.2, 0) is 0 Å². The van der Waals surface area contributed by atoms with Crippen molar-refractivity contribution in [2.75, 3.05) is 7.15 Å². The van der Waals surface area contributed by atoms with E-state index in [0.717, 1.165) is 28.6 Å². The summed E-state index contributed by atoms with van der Waals surface area (Å²) in [7, 11) is -1.00. The number of hydrogen-bond donors (Lipinski definition) is 0. The summed E-state index contributed by atoms with van der Waals surface area (Å²) < 4.78 is 16.5. The molecule has 3 nitrogen and oxygen atoms in total. The number of rotatable bonds is 2. The van der Waals surface area contributed by atoms with E-state index in [4.69, 9.17) is 1.37 Å². The van der Waals surface area contributed by atoms with Gasteiger partial charge in [-0.15, -0.1) is 0 Å². The van der Waals surface area contributed by atoms with E-state index in [1.54, 1.807) is 18.5 Å². The van der Waals surface area contributed by atoms with Crippen molar-refractivity contribution in [1.29, 1.82) is 0 Å². The number of aryl methyl sites for hydroxylation is 2. The van der Waals surface area contributed by atoms with Crippen LogP contribution in [0, 0.1) is 20.8 Å². The van der Waals surface area contributed by atoms with Crippen LogP contribution in [0.25, 0.3) is 0 Å². The normalized spacial score (nSPS) is 8.50. The molecule has 0 spiro atoms. The summed E-state index contributed by atoms with van der Waals surface area (Å²) in [6, 6.07) is 7.49. The molecule has 2 heterocycles. The van der Waals surface area contributed by atoms with Gasteiger partial charge in [0.1, 0.15) is 0 Å². The Morgan fingerprint density at radius 2 is 1.67 bits per heavy atom. The summed E-state index contributed by atoms with van der Waals surface area (Å²) in [6.07, 6.45) is 6.41. The van der Waals surface area contributed by atoms with E-state index in [9.17, 15) is 9.18 Å². The Kier molecular flexibility index (Phi) is 21.0. The van der Waals surface area contributed by atoms with Gasteiger partial charge in [-0.2, -0.15) is 6.42 Å². The van der Waals surface area contributed by atoms with E-state index in [2.05, 4.69) is 39.7 Å². The molecule has 2 aromatic rings. The molecule has 2 aromatic heterocycles. The number of carbonyl (C=O) groups is 1. The molecule has 0 aromatic carbocycles. The molecule has 0 radical (unpaired) electrons. The minimum absolute atomic E-state index is 0. The van der Waals surface area contributed by atoms with Crippen molar-refractivity contribution in [3.63, 3.8) is 0 Å². The topological polar surface area (TPSA) is 42.9 Å². The van der Waals surface area contributed by atoms with Crippen molar-refractivity contribution in [1.82, 2.24) is 9.97 Å². The number of unbranched alkanes of at least 4 members (excludes halogenated alkanes) is 1. The summed E-state index contributed by atoms with van der Waals surface area (Å²) in [5, 5.41) is 0. The molecule has 0 fully saturated rings. The Morgan fingerprint density at radius 1 is 1.21 bits per heavy atom. The van der Waals surface area contributed by atoms with Gasteiger partial charge >= 0.3 is 18.9 Å². The van der Waals surface area contributed by atoms with Gasteiger partial charge < -0.3 is 6.92 Å². The first-order valence-corrected chi connectivity index (χ1v) is 7.84. The Hall–Kier alpha value is -1.02. The van der Waals surface area contributed by atoms with Crippen LogP contribution in [0.3, 0.4) is 0 Å². The summed E-state index contributed by atoms with van der Waals surface area (Å²) in [5.74, 6) is 0. The number of aldehydes is 1. The van der Waals surface area contributed by atoms with E-state index in [0.29, 0.717) is 5.56 Å².